The number of hydrogen-bond donors (Lipinski definition) is 0. The Labute approximate surface area is 99.1 Å². The van der Waals surface area contributed by atoms with Gasteiger partial charge in [0.05, 0.1) is 0 Å². The third-order valence-electron chi connectivity index (χ3n) is 2.03. The lowest BCUT2D eigenvalue weighted by Crippen LogP contribution is -1.97. The Morgan fingerprint density at radius 2 is 1.94 bits per heavy atom. The predicted molar refractivity (Wildman–Crippen MR) is 63.0 cm³/mol. The lowest BCUT2D eigenvalue weighted by molar-refractivity contribution is 0.341. The maximum Gasteiger partial charge on any atom is 0.255 e. The van der Waals surface area contributed by atoms with E-state index in [4.69, 9.17) is 4.74 Å². The van der Waals surface area contributed by atoms with Crippen molar-refractivity contribution in [1.82, 2.24) is 4.98 Å². The van der Waals surface area contributed by atoms with Gasteiger partial charge in [-0.05, 0) is 24.3 Å². The van der Waals surface area contributed by atoms with E-state index in [9.17, 15) is 4.39 Å². The Hall–Kier alpha value is -2.34. The number of ether oxygens (including phenoxy) is 1. The second-order valence-corrected chi connectivity index (χ2v) is 3.25. The second kappa shape index (κ2) is 5.66. The lowest BCUT2D eigenvalue weighted by Gasteiger charge is -2.00. The van der Waals surface area contributed by atoms with Gasteiger partial charge in [-0.3, -0.25) is 0 Å². The Bertz CT molecular complexity index is 543. The normalized spacial score (nSPS) is 9.24. The molecule has 0 N–H and O–H groups in total. The summed E-state index contributed by atoms with van der Waals surface area (Å²) in [4.78, 5) is 3.48. The summed E-state index contributed by atoms with van der Waals surface area (Å²) in [6.07, 6.45) is 1.37. The first-order valence-corrected chi connectivity index (χ1v) is 5.13. The molecule has 2 nitrogen and oxygen atoms in total. The molecule has 0 amide bonds. The Morgan fingerprint density at radius 1 is 1.12 bits per heavy atom. The van der Waals surface area contributed by atoms with Crippen molar-refractivity contribution in [2.45, 2.75) is 0 Å². The van der Waals surface area contributed by atoms with Crippen LogP contribution in [0.1, 0.15) is 5.56 Å². The van der Waals surface area contributed by atoms with Crippen LogP contribution in [0.2, 0.25) is 0 Å². The third-order valence-corrected chi connectivity index (χ3v) is 2.03. The van der Waals surface area contributed by atoms with Crippen LogP contribution >= 0.6 is 0 Å². The molecule has 3 heteroatoms. The van der Waals surface area contributed by atoms with E-state index in [1.807, 2.05) is 30.3 Å². The summed E-state index contributed by atoms with van der Waals surface area (Å²) >= 11 is 0. The van der Waals surface area contributed by atoms with Crippen LogP contribution in [0.3, 0.4) is 0 Å². The first-order valence-electron chi connectivity index (χ1n) is 5.13. The van der Waals surface area contributed by atoms with Gasteiger partial charge in [-0.1, -0.05) is 30.0 Å². The van der Waals surface area contributed by atoms with Gasteiger partial charge >= 0.3 is 0 Å². The minimum Gasteiger partial charge on any atom is -0.476 e. The van der Waals surface area contributed by atoms with Crippen LogP contribution < -0.4 is 4.74 Å². The molecule has 0 saturated heterocycles. The van der Waals surface area contributed by atoms with E-state index < -0.39 is 5.95 Å². The van der Waals surface area contributed by atoms with Gasteiger partial charge in [0.1, 0.15) is 6.61 Å². The highest BCUT2D eigenvalue weighted by atomic mass is 19.1. The second-order valence-electron chi connectivity index (χ2n) is 3.25. The van der Waals surface area contributed by atoms with Gasteiger partial charge in [0.2, 0.25) is 0 Å². The van der Waals surface area contributed by atoms with Gasteiger partial charge in [-0.15, -0.1) is 0 Å². The molecule has 0 aliphatic carbocycles. The molecule has 0 bridgehead atoms. The summed E-state index contributed by atoms with van der Waals surface area (Å²) in [6.45, 7) is 0.136. The van der Waals surface area contributed by atoms with Crippen LogP contribution in [0, 0.1) is 17.8 Å². The molecular formula is C14H10FNO. The molecule has 0 saturated carbocycles. The first kappa shape index (κ1) is 11.2. The van der Waals surface area contributed by atoms with Crippen molar-refractivity contribution in [1.29, 1.82) is 0 Å². The highest BCUT2D eigenvalue weighted by Crippen LogP contribution is 2.11. The van der Waals surface area contributed by atoms with E-state index in [2.05, 4.69) is 16.8 Å². The van der Waals surface area contributed by atoms with Crippen LogP contribution in [0.5, 0.6) is 5.75 Å². The summed E-state index contributed by atoms with van der Waals surface area (Å²) in [6, 6.07) is 12.7. The van der Waals surface area contributed by atoms with Crippen molar-refractivity contribution < 1.29 is 9.13 Å². The van der Waals surface area contributed by atoms with Gasteiger partial charge in [0.25, 0.3) is 5.95 Å². The number of halogens is 1. The third kappa shape index (κ3) is 3.32. The maximum atomic E-state index is 13.1. The van der Waals surface area contributed by atoms with Gasteiger partial charge < -0.3 is 4.74 Å². The fourth-order valence-electron chi connectivity index (χ4n) is 1.25. The smallest absolute Gasteiger partial charge is 0.255 e. The molecule has 0 aliphatic rings. The summed E-state index contributed by atoms with van der Waals surface area (Å²) in [7, 11) is 0. The van der Waals surface area contributed by atoms with Crippen LogP contribution in [-0.4, -0.2) is 11.6 Å². The van der Waals surface area contributed by atoms with Gasteiger partial charge in [0.15, 0.2) is 5.75 Å². The summed E-state index contributed by atoms with van der Waals surface area (Å²) in [5.74, 6) is 5.23. The van der Waals surface area contributed by atoms with E-state index in [0.29, 0.717) is 0 Å². The first-order chi connectivity index (χ1) is 8.36. The molecule has 0 unspecified atom stereocenters. The maximum absolute atomic E-state index is 13.1. The molecule has 0 aliphatic heterocycles. The fourth-order valence-corrected chi connectivity index (χ4v) is 1.25. The largest absolute Gasteiger partial charge is 0.476 e. The minimum absolute atomic E-state index is 0.120. The van der Waals surface area contributed by atoms with Gasteiger partial charge in [0, 0.05) is 11.8 Å². The van der Waals surface area contributed by atoms with Crippen LogP contribution in [-0.2, 0) is 0 Å². The van der Waals surface area contributed by atoms with E-state index in [1.165, 1.54) is 12.3 Å². The number of nitrogens with zero attached hydrogens (tertiary/aromatic N) is 1. The van der Waals surface area contributed by atoms with E-state index in [-0.39, 0.29) is 12.4 Å². The van der Waals surface area contributed by atoms with Crippen molar-refractivity contribution in [2.24, 2.45) is 0 Å². The molecular weight excluding hydrogens is 217 g/mol. The standard InChI is InChI=1S/C14H10FNO/c15-14-13(9-4-10-16-14)17-11-5-8-12-6-2-1-3-7-12/h1-4,6-7,9-10H,11H2. The zero-order valence-electron chi connectivity index (χ0n) is 9.06. The molecule has 2 rings (SSSR count). The number of hydrogen-bond acceptors (Lipinski definition) is 2. The van der Waals surface area contributed by atoms with Crippen molar-refractivity contribution in [3.05, 3.63) is 60.2 Å². The fraction of sp³-hybridized carbons (Fsp3) is 0.0714. The number of rotatable bonds is 2. The van der Waals surface area contributed by atoms with Gasteiger partial charge in [-0.2, -0.15) is 4.39 Å². The number of aromatic nitrogens is 1. The molecule has 1 aromatic carbocycles. The summed E-state index contributed by atoms with van der Waals surface area (Å²) in [5, 5.41) is 0. The minimum atomic E-state index is -0.617. The summed E-state index contributed by atoms with van der Waals surface area (Å²) in [5.41, 5.74) is 0.905. The van der Waals surface area contributed by atoms with E-state index in [1.54, 1.807) is 6.07 Å². The van der Waals surface area contributed by atoms with E-state index >= 15 is 0 Å². The number of benzene rings is 1. The van der Waals surface area contributed by atoms with E-state index in [0.717, 1.165) is 5.56 Å². The molecule has 17 heavy (non-hydrogen) atoms. The molecule has 1 heterocycles. The molecule has 0 radical (unpaired) electrons. The lowest BCUT2D eigenvalue weighted by atomic mass is 10.2. The van der Waals surface area contributed by atoms with Crippen molar-refractivity contribution in [2.75, 3.05) is 6.61 Å². The highest BCUT2D eigenvalue weighted by Gasteiger charge is 2.00. The predicted octanol–water partition coefficient (Wildman–Crippen LogP) is 2.65. The number of pyridine rings is 1. The van der Waals surface area contributed by atoms with Crippen LogP contribution in [0.15, 0.2) is 48.7 Å². The monoisotopic (exact) mass is 227 g/mol. The average Bonchev–Trinajstić information content (AvgIpc) is 2.38. The highest BCUT2D eigenvalue weighted by molar-refractivity contribution is 5.33. The molecule has 0 atom stereocenters. The summed E-state index contributed by atoms with van der Waals surface area (Å²) < 4.78 is 18.2. The Balaban J connectivity index is 1.93. The zero-order valence-corrected chi connectivity index (χ0v) is 9.06. The van der Waals surface area contributed by atoms with Crippen LogP contribution in [0.4, 0.5) is 4.39 Å². The SMILES string of the molecule is Fc1ncccc1OCC#Cc1ccccc1. The molecule has 0 spiro atoms. The zero-order chi connectivity index (χ0) is 11.9. The Kier molecular flexibility index (Phi) is 3.72. The molecule has 0 fully saturated rings. The molecule has 1 aromatic heterocycles. The quantitative estimate of drug-likeness (QED) is 0.581. The topological polar surface area (TPSA) is 22.1 Å². The van der Waals surface area contributed by atoms with Gasteiger partial charge in [-0.25, -0.2) is 4.98 Å². The Morgan fingerprint density at radius 3 is 2.71 bits per heavy atom. The van der Waals surface area contributed by atoms with Crippen LogP contribution in [0.25, 0.3) is 0 Å². The molecule has 84 valence electrons. The van der Waals surface area contributed by atoms with Crippen molar-refractivity contribution >= 4 is 0 Å². The average molecular weight is 227 g/mol. The van der Waals surface area contributed by atoms with Crippen molar-refractivity contribution in [3.8, 4) is 17.6 Å². The molecule has 2 aromatic rings. The van der Waals surface area contributed by atoms with Crippen molar-refractivity contribution in [3.63, 3.8) is 0 Å².